The number of carbonyl (C=O) groups is 1. The number of benzene rings is 2. The highest BCUT2D eigenvalue weighted by Crippen LogP contribution is 2.36. The minimum absolute atomic E-state index is 0.0244. The van der Waals surface area contributed by atoms with Crippen molar-refractivity contribution in [3.8, 4) is 17.2 Å². The molecule has 4 heteroatoms. The molecule has 2 aromatic rings. The van der Waals surface area contributed by atoms with Crippen LogP contribution < -0.4 is 4.74 Å². The Kier molecular flexibility index (Phi) is 2.93. The molecule has 2 rings (SSSR count). The summed E-state index contributed by atoms with van der Waals surface area (Å²) < 4.78 is 5.08. The van der Waals surface area contributed by atoms with Crippen LogP contribution in [-0.2, 0) is 4.79 Å². The molecule has 0 aliphatic heterocycles. The molecule has 0 bridgehead atoms. The van der Waals surface area contributed by atoms with Crippen molar-refractivity contribution in [1.29, 1.82) is 0 Å². The zero-order valence-electron chi connectivity index (χ0n) is 9.80. The largest absolute Gasteiger partial charge is 0.508 e. The summed E-state index contributed by atoms with van der Waals surface area (Å²) >= 11 is 0. The summed E-state index contributed by atoms with van der Waals surface area (Å²) in [6.45, 7) is 4.99. The topological polar surface area (TPSA) is 66.8 Å². The number of esters is 1. The van der Waals surface area contributed by atoms with E-state index in [0.717, 1.165) is 5.39 Å². The Labute approximate surface area is 104 Å². The number of rotatable bonds is 2. The summed E-state index contributed by atoms with van der Waals surface area (Å²) in [5.41, 5.74) is 0.228. The van der Waals surface area contributed by atoms with Gasteiger partial charge in [0.2, 0.25) is 0 Å². The van der Waals surface area contributed by atoms with E-state index in [0.29, 0.717) is 5.39 Å². The van der Waals surface area contributed by atoms with Gasteiger partial charge in [0.25, 0.3) is 0 Å². The third-order valence-electron chi connectivity index (χ3n) is 2.48. The highest BCUT2D eigenvalue weighted by atomic mass is 16.5. The van der Waals surface area contributed by atoms with Crippen LogP contribution in [-0.4, -0.2) is 16.2 Å². The summed E-state index contributed by atoms with van der Waals surface area (Å²) in [4.78, 5) is 11.5. The summed E-state index contributed by atoms with van der Waals surface area (Å²) in [5, 5.41) is 20.4. The first-order valence-electron chi connectivity index (χ1n) is 5.31. The number of phenols is 2. The van der Waals surface area contributed by atoms with Gasteiger partial charge in [-0.25, -0.2) is 4.79 Å². The van der Waals surface area contributed by atoms with E-state index in [1.54, 1.807) is 12.1 Å². The van der Waals surface area contributed by atoms with Crippen LogP contribution in [0.15, 0.2) is 42.5 Å². The molecule has 0 atom stereocenters. The Morgan fingerprint density at radius 1 is 1.22 bits per heavy atom. The van der Waals surface area contributed by atoms with Crippen molar-refractivity contribution in [1.82, 2.24) is 0 Å². The van der Waals surface area contributed by atoms with Gasteiger partial charge in [-0.2, -0.15) is 0 Å². The monoisotopic (exact) mass is 244 g/mol. The van der Waals surface area contributed by atoms with Crippen LogP contribution in [0, 0.1) is 0 Å². The van der Waals surface area contributed by atoms with Gasteiger partial charge >= 0.3 is 5.97 Å². The number of phenolic OH excluding ortho intramolecular Hbond substituents is 2. The van der Waals surface area contributed by atoms with E-state index in [1.165, 1.54) is 25.1 Å². The molecule has 0 aliphatic carbocycles. The van der Waals surface area contributed by atoms with Gasteiger partial charge in [0.15, 0.2) is 11.5 Å². The van der Waals surface area contributed by atoms with E-state index in [2.05, 4.69) is 6.58 Å². The molecule has 0 saturated carbocycles. The molecule has 4 nitrogen and oxygen atoms in total. The molecule has 0 radical (unpaired) electrons. The lowest BCUT2D eigenvalue weighted by Crippen LogP contribution is -2.08. The van der Waals surface area contributed by atoms with Crippen molar-refractivity contribution in [3.63, 3.8) is 0 Å². The van der Waals surface area contributed by atoms with Crippen LogP contribution in [0.1, 0.15) is 6.92 Å². The molecule has 18 heavy (non-hydrogen) atoms. The number of hydrogen-bond acceptors (Lipinski definition) is 4. The lowest BCUT2D eigenvalue weighted by atomic mass is 10.1. The predicted molar refractivity (Wildman–Crippen MR) is 67.7 cm³/mol. The second-order valence-corrected chi connectivity index (χ2v) is 3.99. The molecule has 0 aliphatic rings. The van der Waals surface area contributed by atoms with E-state index < -0.39 is 5.97 Å². The Bertz CT molecular complexity index is 638. The van der Waals surface area contributed by atoms with E-state index in [9.17, 15) is 15.0 Å². The number of carbonyl (C=O) groups excluding carboxylic acids is 1. The maximum Gasteiger partial charge on any atom is 0.338 e. The van der Waals surface area contributed by atoms with Crippen LogP contribution in [0.25, 0.3) is 10.8 Å². The SMILES string of the molecule is C=C(C)C(=O)Oc1c(O)ccc2ccc(O)cc12. The molecule has 0 spiro atoms. The molecule has 0 fully saturated rings. The Morgan fingerprint density at radius 3 is 2.56 bits per heavy atom. The molecular weight excluding hydrogens is 232 g/mol. The highest BCUT2D eigenvalue weighted by molar-refractivity contribution is 5.96. The molecule has 0 saturated heterocycles. The van der Waals surface area contributed by atoms with Crippen LogP contribution in [0.4, 0.5) is 0 Å². The third-order valence-corrected chi connectivity index (χ3v) is 2.48. The molecule has 92 valence electrons. The second kappa shape index (κ2) is 4.41. The molecular formula is C14H12O4. The zero-order valence-corrected chi connectivity index (χ0v) is 9.80. The van der Waals surface area contributed by atoms with Crippen LogP contribution in [0.5, 0.6) is 17.2 Å². The minimum Gasteiger partial charge on any atom is -0.508 e. The summed E-state index contributed by atoms with van der Waals surface area (Å²) in [7, 11) is 0. The van der Waals surface area contributed by atoms with Gasteiger partial charge in [-0.15, -0.1) is 0 Å². The van der Waals surface area contributed by atoms with Crippen molar-refractivity contribution in [2.45, 2.75) is 6.92 Å². The van der Waals surface area contributed by atoms with Crippen LogP contribution in [0.3, 0.4) is 0 Å². The molecule has 2 N–H and O–H groups in total. The third kappa shape index (κ3) is 2.13. The number of hydrogen-bond donors (Lipinski definition) is 2. The van der Waals surface area contributed by atoms with E-state index in [1.807, 2.05) is 0 Å². The molecule has 0 amide bonds. The van der Waals surface area contributed by atoms with Gasteiger partial charge in [0, 0.05) is 11.0 Å². The zero-order chi connectivity index (χ0) is 13.3. The van der Waals surface area contributed by atoms with Crippen LogP contribution in [0.2, 0.25) is 0 Å². The number of fused-ring (bicyclic) bond motifs is 1. The maximum atomic E-state index is 11.5. The fourth-order valence-corrected chi connectivity index (χ4v) is 1.56. The first-order valence-corrected chi connectivity index (χ1v) is 5.31. The lowest BCUT2D eigenvalue weighted by molar-refractivity contribution is -0.130. The minimum atomic E-state index is -0.624. The molecule has 2 aromatic carbocycles. The van der Waals surface area contributed by atoms with Gasteiger partial charge in [0.1, 0.15) is 5.75 Å². The fraction of sp³-hybridized carbons (Fsp3) is 0.0714. The van der Waals surface area contributed by atoms with Gasteiger partial charge in [-0.1, -0.05) is 18.7 Å². The van der Waals surface area contributed by atoms with Gasteiger partial charge in [-0.3, -0.25) is 0 Å². The van der Waals surface area contributed by atoms with Crippen molar-refractivity contribution >= 4 is 16.7 Å². The highest BCUT2D eigenvalue weighted by Gasteiger charge is 2.13. The van der Waals surface area contributed by atoms with Crippen molar-refractivity contribution in [3.05, 3.63) is 42.5 Å². The molecule has 0 aromatic heterocycles. The van der Waals surface area contributed by atoms with E-state index >= 15 is 0 Å². The van der Waals surface area contributed by atoms with Crippen LogP contribution >= 0.6 is 0 Å². The smallest absolute Gasteiger partial charge is 0.338 e. The average molecular weight is 244 g/mol. The Hall–Kier alpha value is -2.49. The number of ether oxygens (including phenoxy) is 1. The lowest BCUT2D eigenvalue weighted by Gasteiger charge is -2.09. The predicted octanol–water partition coefficient (Wildman–Crippen LogP) is 2.73. The number of aromatic hydroxyl groups is 2. The van der Waals surface area contributed by atoms with Gasteiger partial charge in [-0.05, 0) is 30.5 Å². The summed E-state index contributed by atoms with van der Waals surface area (Å²) in [6, 6.07) is 7.71. The second-order valence-electron chi connectivity index (χ2n) is 3.99. The standard InChI is InChI=1S/C14H12O4/c1-8(2)14(17)18-13-11-7-10(15)5-3-9(11)4-6-12(13)16/h3-7,15-16H,1H2,2H3. The Morgan fingerprint density at radius 2 is 1.89 bits per heavy atom. The average Bonchev–Trinajstić information content (AvgIpc) is 2.32. The van der Waals surface area contributed by atoms with Crippen molar-refractivity contribution in [2.75, 3.05) is 0 Å². The Balaban J connectivity index is 2.60. The van der Waals surface area contributed by atoms with Crippen molar-refractivity contribution in [2.24, 2.45) is 0 Å². The van der Waals surface area contributed by atoms with Gasteiger partial charge in [0.05, 0.1) is 0 Å². The van der Waals surface area contributed by atoms with Gasteiger partial charge < -0.3 is 14.9 Å². The summed E-state index contributed by atoms with van der Waals surface area (Å²) in [5.74, 6) is -0.735. The van der Waals surface area contributed by atoms with E-state index in [4.69, 9.17) is 4.74 Å². The quantitative estimate of drug-likeness (QED) is 0.484. The first kappa shape index (κ1) is 12.0. The molecule has 0 unspecified atom stereocenters. The first-order chi connectivity index (χ1) is 8.49. The maximum absolute atomic E-state index is 11.5. The summed E-state index contributed by atoms with van der Waals surface area (Å²) in [6.07, 6.45) is 0. The fourth-order valence-electron chi connectivity index (χ4n) is 1.56. The van der Waals surface area contributed by atoms with E-state index in [-0.39, 0.29) is 22.8 Å². The molecule has 0 heterocycles. The van der Waals surface area contributed by atoms with Crippen molar-refractivity contribution < 1.29 is 19.7 Å². The normalized spacial score (nSPS) is 10.3.